The van der Waals surface area contributed by atoms with E-state index >= 15 is 0 Å². The minimum atomic E-state index is -0.602. The minimum absolute atomic E-state index is 0.156. The van der Waals surface area contributed by atoms with Crippen LogP contribution in [0.4, 0.5) is 0 Å². The first kappa shape index (κ1) is 13.5. The van der Waals surface area contributed by atoms with Gasteiger partial charge in [-0.15, -0.1) is 0 Å². The summed E-state index contributed by atoms with van der Waals surface area (Å²) in [6, 6.07) is 3.29. The summed E-state index contributed by atoms with van der Waals surface area (Å²) >= 11 is 0. The lowest BCUT2D eigenvalue weighted by molar-refractivity contribution is -0.0947. The van der Waals surface area contributed by atoms with Gasteiger partial charge in [0.2, 0.25) is 0 Å². The second kappa shape index (κ2) is 4.42. The van der Waals surface area contributed by atoms with Crippen molar-refractivity contribution in [2.45, 2.75) is 37.7 Å². The lowest BCUT2D eigenvalue weighted by atomic mass is 9.69. The van der Waals surface area contributed by atoms with E-state index in [4.69, 9.17) is 0 Å². The molecule has 116 valence electrons. The summed E-state index contributed by atoms with van der Waals surface area (Å²) in [6.45, 7) is 0.470. The first-order valence-electron chi connectivity index (χ1n) is 7.61. The van der Waals surface area contributed by atoms with Crippen molar-refractivity contribution in [3.05, 3.63) is 34.4 Å². The lowest BCUT2D eigenvalue weighted by Crippen LogP contribution is -2.50. The van der Waals surface area contributed by atoms with Crippen LogP contribution in [0.5, 0.6) is 0 Å². The highest BCUT2D eigenvalue weighted by Crippen LogP contribution is 2.60. The molecule has 0 radical (unpaired) electrons. The topological polar surface area (TPSA) is 99.5 Å². The van der Waals surface area contributed by atoms with E-state index in [0.717, 1.165) is 32.1 Å². The molecule has 2 fully saturated rings. The summed E-state index contributed by atoms with van der Waals surface area (Å²) in [7, 11) is 0. The molecule has 0 bridgehead atoms. The Bertz CT molecular complexity index is 798. The Balaban J connectivity index is 1.54. The van der Waals surface area contributed by atoms with Gasteiger partial charge in [0.1, 0.15) is 0 Å². The number of hydrogen-bond donors (Lipinski definition) is 3. The molecule has 22 heavy (non-hydrogen) atoms. The van der Waals surface area contributed by atoms with E-state index in [1.54, 1.807) is 18.3 Å². The normalized spacial score (nSPS) is 21.3. The van der Waals surface area contributed by atoms with Crippen molar-refractivity contribution in [1.29, 1.82) is 0 Å². The van der Waals surface area contributed by atoms with Gasteiger partial charge in [0.05, 0.1) is 11.2 Å². The van der Waals surface area contributed by atoms with Crippen molar-refractivity contribution < 1.29 is 9.90 Å². The van der Waals surface area contributed by atoms with Gasteiger partial charge in [-0.3, -0.25) is 4.79 Å². The molecule has 2 aromatic rings. The van der Waals surface area contributed by atoms with Gasteiger partial charge < -0.3 is 10.4 Å². The van der Waals surface area contributed by atoms with Crippen LogP contribution in [0.25, 0.3) is 5.65 Å². The van der Waals surface area contributed by atoms with Crippen LogP contribution in [0.2, 0.25) is 0 Å². The van der Waals surface area contributed by atoms with Crippen molar-refractivity contribution in [2.24, 2.45) is 5.41 Å². The zero-order valence-electron chi connectivity index (χ0n) is 12.1. The molecule has 0 aromatic carbocycles. The summed E-state index contributed by atoms with van der Waals surface area (Å²) in [4.78, 5) is 24.0. The van der Waals surface area contributed by atoms with E-state index < -0.39 is 5.60 Å². The number of aliphatic hydroxyl groups is 1. The molecule has 0 saturated heterocycles. The fourth-order valence-electron chi connectivity index (χ4n) is 3.45. The van der Waals surface area contributed by atoms with Crippen LogP contribution in [-0.4, -0.2) is 37.8 Å². The Hall–Kier alpha value is -2.15. The lowest BCUT2D eigenvalue weighted by Gasteiger charge is -2.44. The number of amides is 1. The number of fused-ring (bicyclic) bond motifs is 1. The zero-order chi connectivity index (χ0) is 15.4. The summed E-state index contributed by atoms with van der Waals surface area (Å²) in [6.07, 6.45) is 6.19. The van der Waals surface area contributed by atoms with Gasteiger partial charge in [0, 0.05) is 18.2 Å². The van der Waals surface area contributed by atoms with Gasteiger partial charge in [0.25, 0.3) is 5.91 Å². The van der Waals surface area contributed by atoms with E-state index in [1.807, 2.05) is 0 Å². The number of rotatable bonds is 4. The molecule has 4 rings (SSSR count). The molecule has 2 heterocycles. The molecule has 0 unspecified atom stereocenters. The average Bonchev–Trinajstić information content (AvgIpc) is 3.20. The number of nitrogens with one attached hydrogen (secondary N) is 2. The van der Waals surface area contributed by atoms with E-state index in [1.165, 1.54) is 4.40 Å². The van der Waals surface area contributed by atoms with Gasteiger partial charge in [0.15, 0.2) is 5.65 Å². The van der Waals surface area contributed by atoms with E-state index in [-0.39, 0.29) is 17.0 Å². The fraction of sp³-hybridized carbons (Fsp3) is 0.533. The summed E-state index contributed by atoms with van der Waals surface area (Å²) in [5.41, 5.74) is -0.450. The average molecular weight is 302 g/mol. The number of H-pyrrole nitrogens is 1. The maximum atomic E-state index is 12.4. The highest BCUT2D eigenvalue weighted by atomic mass is 16.3. The molecule has 7 heteroatoms. The van der Waals surface area contributed by atoms with Gasteiger partial charge in [-0.1, -0.05) is 0 Å². The standard InChI is InChI=1S/C15H18N4O3/c20-12(10-3-1-8-19-11(10)17-18-13(19)21)16-9-14(6-7-14)15(22)4-2-5-15/h1,3,8,22H,2,4-7,9H2,(H,16,20)(H,18,21). The monoisotopic (exact) mass is 302 g/mol. The maximum absolute atomic E-state index is 12.4. The van der Waals surface area contributed by atoms with Gasteiger partial charge in [-0.2, -0.15) is 5.10 Å². The smallest absolute Gasteiger partial charge is 0.347 e. The summed E-state index contributed by atoms with van der Waals surface area (Å²) in [5.74, 6) is -0.265. The third-order valence-corrected chi connectivity index (χ3v) is 5.30. The number of aromatic amines is 1. The van der Waals surface area contributed by atoms with Crippen molar-refractivity contribution in [1.82, 2.24) is 19.9 Å². The van der Waals surface area contributed by atoms with Crippen molar-refractivity contribution >= 4 is 11.6 Å². The predicted molar refractivity (Wildman–Crippen MR) is 78.6 cm³/mol. The van der Waals surface area contributed by atoms with Crippen LogP contribution >= 0.6 is 0 Å². The van der Waals surface area contributed by atoms with Crippen LogP contribution in [0, 0.1) is 5.41 Å². The molecule has 2 aliphatic carbocycles. The molecule has 0 atom stereocenters. The molecule has 2 saturated carbocycles. The van der Waals surface area contributed by atoms with Gasteiger partial charge in [-0.05, 0) is 44.2 Å². The van der Waals surface area contributed by atoms with Crippen molar-refractivity contribution in [2.75, 3.05) is 6.54 Å². The SMILES string of the molecule is O=C(NCC1(C2(O)CCC2)CC1)c1cccn2c(=O)[nH]nc12. The molecule has 1 amide bonds. The Kier molecular flexibility index (Phi) is 2.72. The maximum Gasteiger partial charge on any atom is 0.347 e. The Morgan fingerprint density at radius 3 is 2.82 bits per heavy atom. The Morgan fingerprint density at radius 1 is 1.41 bits per heavy atom. The molecular formula is C15H18N4O3. The first-order chi connectivity index (χ1) is 10.5. The number of carbonyl (C=O) groups excluding carboxylic acids is 1. The van der Waals surface area contributed by atoms with Gasteiger partial charge >= 0.3 is 5.69 Å². The number of hydrogen-bond acceptors (Lipinski definition) is 4. The molecule has 0 spiro atoms. The molecule has 0 aliphatic heterocycles. The number of pyridine rings is 1. The second-order valence-corrected chi connectivity index (χ2v) is 6.49. The molecule has 3 N–H and O–H groups in total. The van der Waals surface area contributed by atoms with Crippen LogP contribution in [0.1, 0.15) is 42.5 Å². The Labute approximate surface area is 126 Å². The van der Waals surface area contributed by atoms with Crippen LogP contribution < -0.4 is 11.0 Å². The van der Waals surface area contributed by atoms with Gasteiger partial charge in [-0.25, -0.2) is 14.3 Å². The minimum Gasteiger partial charge on any atom is -0.389 e. The quantitative estimate of drug-likeness (QED) is 0.763. The van der Waals surface area contributed by atoms with Crippen LogP contribution in [0.15, 0.2) is 23.1 Å². The largest absolute Gasteiger partial charge is 0.389 e. The zero-order valence-corrected chi connectivity index (χ0v) is 12.1. The highest BCUT2D eigenvalue weighted by molar-refractivity contribution is 5.99. The third kappa shape index (κ3) is 1.81. The van der Waals surface area contributed by atoms with Crippen LogP contribution in [-0.2, 0) is 0 Å². The number of carbonyl (C=O) groups is 1. The number of nitrogens with zero attached hydrogens (tertiary/aromatic N) is 2. The Morgan fingerprint density at radius 2 is 2.18 bits per heavy atom. The molecule has 2 aliphatic rings. The van der Waals surface area contributed by atoms with E-state index in [9.17, 15) is 14.7 Å². The molecule has 2 aromatic heterocycles. The molecular weight excluding hydrogens is 284 g/mol. The predicted octanol–water partition coefficient (Wildman–Crippen LogP) is 0.448. The van der Waals surface area contributed by atoms with Crippen molar-refractivity contribution in [3.63, 3.8) is 0 Å². The second-order valence-electron chi connectivity index (χ2n) is 6.49. The van der Waals surface area contributed by atoms with E-state index in [2.05, 4.69) is 15.5 Å². The summed E-state index contributed by atoms with van der Waals surface area (Å²) < 4.78 is 1.31. The summed E-state index contributed by atoms with van der Waals surface area (Å²) in [5, 5.41) is 19.7. The number of aromatic nitrogens is 3. The van der Waals surface area contributed by atoms with Crippen molar-refractivity contribution in [3.8, 4) is 0 Å². The highest BCUT2D eigenvalue weighted by Gasteiger charge is 2.60. The first-order valence-corrected chi connectivity index (χ1v) is 7.61. The fourth-order valence-corrected chi connectivity index (χ4v) is 3.45. The van der Waals surface area contributed by atoms with Crippen LogP contribution in [0.3, 0.4) is 0 Å². The third-order valence-electron chi connectivity index (χ3n) is 5.30. The van der Waals surface area contributed by atoms with E-state index in [0.29, 0.717) is 17.8 Å². The molecule has 7 nitrogen and oxygen atoms in total.